The third-order valence-electron chi connectivity index (χ3n) is 4.92. The van der Waals surface area contributed by atoms with Crippen LogP contribution >= 0.6 is 0 Å². The lowest BCUT2D eigenvalue weighted by atomic mass is 10.1. The molecular weight excluding hydrogens is 422 g/mol. The number of esters is 1. The van der Waals surface area contributed by atoms with E-state index >= 15 is 0 Å². The maximum absolute atomic E-state index is 12.6. The molecule has 0 bridgehead atoms. The lowest BCUT2D eigenvalue weighted by molar-refractivity contribution is -0.142. The van der Waals surface area contributed by atoms with Crippen molar-refractivity contribution in [3.63, 3.8) is 0 Å². The van der Waals surface area contributed by atoms with Gasteiger partial charge in [-0.1, -0.05) is 24.3 Å². The van der Waals surface area contributed by atoms with Crippen LogP contribution < -0.4 is 4.74 Å². The van der Waals surface area contributed by atoms with Crippen LogP contribution in [0.3, 0.4) is 0 Å². The highest BCUT2D eigenvalue weighted by Gasteiger charge is 2.26. The summed E-state index contributed by atoms with van der Waals surface area (Å²) in [5.41, 5.74) is 1.16. The number of hydrogen-bond acceptors (Lipinski definition) is 7. The molecule has 8 nitrogen and oxygen atoms in total. The Labute approximate surface area is 181 Å². The summed E-state index contributed by atoms with van der Waals surface area (Å²) >= 11 is 0. The zero-order valence-corrected chi connectivity index (χ0v) is 18.1. The van der Waals surface area contributed by atoms with Gasteiger partial charge in [0.25, 0.3) is 0 Å². The number of para-hydroxylation sites is 1. The molecule has 1 aliphatic rings. The zero-order valence-electron chi connectivity index (χ0n) is 17.3. The van der Waals surface area contributed by atoms with Crippen LogP contribution in [0.1, 0.15) is 22.3 Å². The molecule has 166 valence electrons. The number of methoxy groups -OCH3 is 1. The Hall–Kier alpha value is -2.75. The van der Waals surface area contributed by atoms with E-state index in [1.54, 1.807) is 36.4 Å². The molecule has 0 unspecified atom stereocenters. The minimum Gasteiger partial charge on any atom is -0.496 e. The fraction of sp³-hybridized carbons (Fsp3) is 0.364. The Morgan fingerprint density at radius 1 is 1.03 bits per heavy atom. The van der Waals surface area contributed by atoms with Gasteiger partial charge in [0.05, 0.1) is 30.8 Å². The number of aryl methyl sites for hydroxylation is 1. The third kappa shape index (κ3) is 5.90. The number of carbonyl (C=O) groups is 2. The molecule has 0 spiro atoms. The fourth-order valence-corrected chi connectivity index (χ4v) is 4.59. The van der Waals surface area contributed by atoms with Gasteiger partial charge < -0.3 is 14.2 Å². The molecule has 9 heteroatoms. The van der Waals surface area contributed by atoms with Crippen molar-refractivity contribution < 1.29 is 32.2 Å². The van der Waals surface area contributed by atoms with Crippen LogP contribution in [-0.4, -0.2) is 64.5 Å². The number of benzene rings is 2. The van der Waals surface area contributed by atoms with Crippen LogP contribution in [0.4, 0.5) is 0 Å². The number of sulfonamides is 1. The van der Waals surface area contributed by atoms with E-state index in [0.717, 1.165) is 5.56 Å². The van der Waals surface area contributed by atoms with Crippen molar-refractivity contribution in [1.82, 2.24) is 4.31 Å². The van der Waals surface area contributed by atoms with E-state index in [9.17, 15) is 18.0 Å². The van der Waals surface area contributed by atoms with E-state index in [1.165, 1.54) is 23.5 Å². The van der Waals surface area contributed by atoms with Gasteiger partial charge in [-0.05, 0) is 36.2 Å². The maximum atomic E-state index is 12.6. The number of ether oxygens (including phenoxy) is 3. The number of ketones is 1. The van der Waals surface area contributed by atoms with Crippen molar-refractivity contribution in [2.75, 3.05) is 40.0 Å². The molecule has 0 amide bonds. The van der Waals surface area contributed by atoms with Gasteiger partial charge in [0.15, 0.2) is 6.61 Å². The average molecular weight is 448 g/mol. The normalized spacial score (nSPS) is 14.7. The molecular formula is C22H25NO7S. The summed E-state index contributed by atoms with van der Waals surface area (Å²) in [5, 5.41) is 0. The number of morpholine rings is 1. The Balaban J connectivity index is 1.49. The van der Waals surface area contributed by atoms with Crippen LogP contribution in [0.25, 0.3) is 0 Å². The van der Waals surface area contributed by atoms with Gasteiger partial charge in [-0.25, -0.2) is 8.42 Å². The van der Waals surface area contributed by atoms with Gasteiger partial charge in [0.1, 0.15) is 5.75 Å². The Bertz CT molecular complexity index is 1010. The lowest BCUT2D eigenvalue weighted by Crippen LogP contribution is -2.40. The van der Waals surface area contributed by atoms with E-state index in [1.807, 2.05) is 0 Å². The molecule has 0 N–H and O–H groups in total. The second kappa shape index (κ2) is 10.5. The predicted molar refractivity (Wildman–Crippen MR) is 113 cm³/mol. The van der Waals surface area contributed by atoms with Crippen molar-refractivity contribution in [3.05, 3.63) is 59.7 Å². The predicted octanol–water partition coefficient (Wildman–Crippen LogP) is 2.07. The summed E-state index contributed by atoms with van der Waals surface area (Å²) in [7, 11) is -2.08. The van der Waals surface area contributed by atoms with Gasteiger partial charge in [-0.3, -0.25) is 9.59 Å². The van der Waals surface area contributed by atoms with Crippen molar-refractivity contribution >= 4 is 21.8 Å². The molecule has 0 radical (unpaired) electrons. The number of hydrogen-bond donors (Lipinski definition) is 0. The Morgan fingerprint density at radius 2 is 1.71 bits per heavy atom. The largest absolute Gasteiger partial charge is 0.496 e. The van der Waals surface area contributed by atoms with Crippen LogP contribution in [0.15, 0.2) is 53.4 Å². The summed E-state index contributed by atoms with van der Waals surface area (Å²) in [6.07, 6.45) is 0.453. The molecule has 1 saturated heterocycles. The Morgan fingerprint density at radius 3 is 2.39 bits per heavy atom. The summed E-state index contributed by atoms with van der Waals surface area (Å²) in [5.74, 6) is -0.424. The van der Waals surface area contributed by atoms with E-state index < -0.39 is 16.0 Å². The lowest BCUT2D eigenvalue weighted by Gasteiger charge is -2.26. The standard InChI is InChI=1S/C22H25NO7S/c1-28-21-5-3-2-4-19(21)20(24)16-30-22(25)11-8-17-6-9-18(10-7-17)31(26,27)23-12-14-29-15-13-23/h2-7,9-10H,8,11-16H2,1H3. The zero-order chi connectivity index (χ0) is 22.3. The first-order valence-corrected chi connectivity index (χ1v) is 11.3. The number of rotatable bonds is 9. The van der Waals surface area contributed by atoms with Gasteiger partial charge in [0.2, 0.25) is 15.8 Å². The topological polar surface area (TPSA) is 99.2 Å². The summed E-state index contributed by atoms with van der Waals surface area (Å²) in [4.78, 5) is 24.5. The molecule has 3 rings (SSSR count). The van der Waals surface area contributed by atoms with Gasteiger partial charge in [-0.15, -0.1) is 0 Å². The van der Waals surface area contributed by atoms with Crippen LogP contribution in [0.2, 0.25) is 0 Å². The summed E-state index contributed by atoms with van der Waals surface area (Å²) in [6, 6.07) is 13.2. The molecule has 2 aromatic carbocycles. The first-order chi connectivity index (χ1) is 14.9. The molecule has 1 heterocycles. The molecule has 2 aromatic rings. The molecule has 31 heavy (non-hydrogen) atoms. The van der Waals surface area contributed by atoms with E-state index in [2.05, 4.69) is 0 Å². The maximum Gasteiger partial charge on any atom is 0.306 e. The average Bonchev–Trinajstić information content (AvgIpc) is 2.82. The Kier molecular flexibility index (Phi) is 7.78. The number of carbonyl (C=O) groups excluding carboxylic acids is 2. The number of nitrogens with zero attached hydrogens (tertiary/aromatic N) is 1. The molecule has 1 aliphatic heterocycles. The first kappa shape index (κ1) is 22.9. The van der Waals surface area contributed by atoms with Crippen LogP contribution in [0.5, 0.6) is 5.75 Å². The molecule has 1 fully saturated rings. The molecule has 0 atom stereocenters. The van der Waals surface area contributed by atoms with E-state index in [-0.39, 0.29) is 23.7 Å². The molecule has 0 saturated carbocycles. The molecule has 0 aromatic heterocycles. The minimum atomic E-state index is -3.55. The van der Waals surface area contributed by atoms with Gasteiger partial charge >= 0.3 is 5.97 Å². The quantitative estimate of drug-likeness (QED) is 0.429. The highest BCUT2D eigenvalue weighted by Crippen LogP contribution is 2.19. The SMILES string of the molecule is COc1ccccc1C(=O)COC(=O)CCc1ccc(S(=O)(=O)N2CCOCC2)cc1. The molecule has 0 aliphatic carbocycles. The highest BCUT2D eigenvalue weighted by molar-refractivity contribution is 7.89. The summed E-state index contributed by atoms with van der Waals surface area (Å²) in [6.45, 7) is 1.08. The summed E-state index contributed by atoms with van der Waals surface area (Å²) < 4.78 is 42.1. The van der Waals surface area contributed by atoms with E-state index in [0.29, 0.717) is 44.0 Å². The van der Waals surface area contributed by atoms with Crippen molar-refractivity contribution in [3.8, 4) is 5.75 Å². The third-order valence-corrected chi connectivity index (χ3v) is 6.83. The second-order valence-corrected chi connectivity index (χ2v) is 8.88. The van der Waals surface area contributed by atoms with Crippen LogP contribution in [0, 0.1) is 0 Å². The van der Waals surface area contributed by atoms with E-state index in [4.69, 9.17) is 14.2 Å². The van der Waals surface area contributed by atoms with Gasteiger partial charge in [-0.2, -0.15) is 4.31 Å². The smallest absolute Gasteiger partial charge is 0.306 e. The van der Waals surface area contributed by atoms with Gasteiger partial charge in [0, 0.05) is 19.5 Å². The van der Waals surface area contributed by atoms with Crippen molar-refractivity contribution in [2.24, 2.45) is 0 Å². The second-order valence-electron chi connectivity index (χ2n) is 6.94. The van der Waals surface area contributed by atoms with Crippen molar-refractivity contribution in [1.29, 1.82) is 0 Å². The first-order valence-electron chi connectivity index (χ1n) is 9.90. The number of Topliss-reactive ketones (excluding diaryl/α,β-unsaturated/α-hetero) is 1. The fourth-order valence-electron chi connectivity index (χ4n) is 3.18. The highest BCUT2D eigenvalue weighted by atomic mass is 32.2. The van der Waals surface area contributed by atoms with Crippen LogP contribution in [-0.2, 0) is 30.7 Å². The minimum absolute atomic E-state index is 0.0781. The monoisotopic (exact) mass is 447 g/mol. The van der Waals surface area contributed by atoms with Crippen molar-refractivity contribution in [2.45, 2.75) is 17.7 Å².